The molecule has 32 heavy (non-hydrogen) atoms. The summed E-state index contributed by atoms with van der Waals surface area (Å²) in [5.74, 6) is 0.522. The molecule has 2 aliphatic heterocycles. The molecule has 0 bridgehead atoms. The SMILES string of the molecule is CC.CC(c1ccc2nccnc2c1)N1CCC2CN(Cc3ccccc3)S(=O)C2CC1. The van der Waals surface area contributed by atoms with Crippen LogP contribution in [0.2, 0.25) is 0 Å². The first-order chi connectivity index (χ1) is 15.7. The molecule has 4 atom stereocenters. The van der Waals surface area contributed by atoms with Gasteiger partial charge in [-0.3, -0.25) is 14.9 Å². The predicted molar refractivity (Wildman–Crippen MR) is 132 cm³/mol. The van der Waals surface area contributed by atoms with Crippen LogP contribution in [0, 0.1) is 5.92 Å². The third-order valence-corrected chi connectivity index (χ3v) is 8.62. The molecule has 2 fully saturated rings. The second kappa shape index (κ2) is 10.6. The lowest BCUT2D eigenvalue weighted by Crippen LogP contribution is -2.30. The minimum atomic E-state index is -0.892. The maximum Gasteiger partial charge on any atom is 0.0981 e. The molecule has 0 amide bonds. The van der Waals surface area contributed by atoms with Crippen molar-refractivity contribution in [3.8, 4) is 0 Å². The minimum Gasteiger partial charge on any atom is -0.297 e. The van der Waals surface area contributed by atoms with Crippen molar-refractivity contribution in [3.63, 3.8) is 0 Å². The van der Waals surface area contributed by atoms with Crippen LogP contribution < -0.4 is 0 Å². The molecule has 170 valence electrons. The third kappa shape index (κ3) is 4.92. The summed E-state index contributed by atoms with van der Waals surface area (Å²) in [6, 6.07) is 17.1. The molecule has 5 rings (SSSR count). The van der Waals surface area contributed by atoms with Crippen molar-refractivity contribution in [2.75, 3.05) is 19.6 Å². The zero-order valence-electron chi connectivity index (χ0n) is 19.4. The molecule has 0 saturated carbocycles. The summed E-state index contributed by atoms with van der Waals surface area (Å²) in [7, 11) is -0.892. The average molecular weight is 451 g/mol. The maximum atomic E-state index is 13.2. The summed E-state index contributed by atoms with van der Waals surface area (Å²) in [6.45, 7) is 10.1. The largest absolute Gasteiger partial charge is 0.297 e. The molecule has 6 heteroatoms. The van der Waals surface area contributed by atoms with Gasteiger partial charge < -0.3 is 0 Å². The molecule has 2 saturated heterocycles. The van der Waals surface area contributed by atoms with Gasteiger partial charge in [-0.15, -0.1) is 0 Å². The summed E-state index contributed by atoms with van der Waals surface area (Å²) in [6.07, 6.45) is 5.60. The minimum absolute atomic E-state index is 0.286. The van der Waals surface area contributed by atoms with Crippen molar-refractivity contribution in [2.24, 2.45) is 5.92 Å². The summed E-state index contributed by atoms with van der Waals surface area (Å²) >= 11 is 0. The normalized spacial score (nSPS) is 24.9. The van der Waals surface area contributed by atoms with E-state index in [-0.39, 0.29) is 5.25 Å². The Morgan fingerprint density at radius 1 is 1.00 bits per heavy atom. The number of fused-ring (bicyclic) bond motifs is 2. The molecule has 3 heterocycles. The molecular formula is C26H34N4OS. The molecule has 0 spiro atoms. The van der Waals surface area contributed by atoms with E-state index < -0.39 is 11.0 Å². The lowest BCUT2D eigenvalue weighted by molar-refractivity contribution is 0.214. The van der Waals surface area contributed by atoms with Gasteiger partial charge in [0.05, 0.1) is 27.3 Å². The van der Waals surface area contributed by atoms with Crippen LogP contribution in [0.15, 0.2) is 60.9 Å². The van der Waals surface area contributed by atoms with E-state index in [0.717, 1.165) is 50.1 Å². The van der Waals surface area contributed by atoms with Gasteiger partial charge in [-0.05, 0) is 62.0 Å². The second-order valence-electron chi connectivity index (χ2n) is 8.48. The molecular weight excluding hydrogens is 416 g/mol. The van der Waals surface area contributed by atoms with Crippen molar-refractivity contribution in [1.29, 1.82) is 0 Å². The maximum absolute atomic E-state index is 13.2. The molecule has 3 aromatic rings. The van der Waals surface area contributed by atoms with Gasteiger partial charge in [-0.25, -0.2) is 8.51 Å². The fraction of sp³-hybridized carbons (Fsp3) is 0.462. The number of hydrogen-bond acceptors (Lipinski definition) is 4. The first-order valence-corrected chi connectivity index (χ1v) is 13.0. The number of likely N-dealkylation sites (tertiary alicyclic amines) is 1. The van der Waals surface area contributed by atoms with Gasteiger partial charge >= 0.3 is 0 Å². The Morgan fingerprint density at radius 2 is 1.72 bits per heavy atom. The van der Waals surface area contributed by atoms with Crippen LogP contribution in [-0.4, -0.2) is 48.3 Å². The summed E-state index contributed by atoms with van der Waals surface area (Å²) in [5.41, 5.74) is 4.41. The first-order valence-electron chi connectivity index (χ1n) is 11.8. The topological polar surface area (TPSA) is 49.3 Å². The van der Waals surface area contributed by atoms with Gasteiger partial charge in [-0.1, -0.05) is 50.2 Å². The second-order valence-corrected chi connectivity index (χ2v) is 10.2. The Balaban J connectivity index is 0.00000119. The Hall–Kier alpha value is -2.15. The highest BCUT2D eigenvalue weighted by Crippen LogP contribution is 2.35. The van der Waals surface area contributed by atoms with Gasteiger partial charge in [0.2, 0.25) is 0 Å². The highest BCUT2D eigenvalue weighted by atomic mass is 32.2. The highest BCUT2D eigenvalue weighted by molar-refractivity contribution is 7.83. The van der Waals surface area contributed by atoms with Crippen LogP contribution in [0.25, 0.3) is 11.0 Å². The molecule has 0 aliphatic carbocycles. The Morgan fingerprint density at radius 3 is 2.50 bits per heavy atom. The van der Waals surface area contributed by atoms with E-state index in [1.165, 1.54) is 11.1 Å². The number of hydrogen-bond donors (Lipinski definition) is 0. The third-order valence-electron chi connectivity index (χ3n) is 6.69. The van der Waals surface area contributed by atoms with Crippen LogP contribution in [0.5, 0.6) is 0 Å². The zero-order chi connectivity index (χ0) is 22.5. The van der Waals surface area contributed by atoms with E-state index in [4.69, 9.17) is 0 Å². The van der Waals surface area contributed by atoms with Crippen LogP contribution in [0.3, 0.4) is 0 Å². The van der Waals surface area contributed by atoms with E-state index in [1.54, 1.807) is 12.4 Å². The zero-order valence-corrected chi connectivity index (χ0v) is 20.2. The molecule has 0 radical (unpaired) electrons. The molecule has 0 N–H and O–H groups in total. The molecule has 5 nitrogen and oxygen atoms in total. The van der Waals surface area contributed by atoms with Gasteiger partial charge in [0.25, 0.3) is 0 Å². The number of nitrogens with zero attached hydrogens (tertiary/aromatic N) is 4. The Kier molecular flexibility index (Phi) is 7.66. The van der Waals surface area contributed by atoms with Gasteiger partial charge in [0, 0.05) is 31.5 Å². The van der Waals surface area contributed by atoms with Crippen LogP contribution in [-0.2, 0) is 17.5 Å². The highest BCUT2D eigenvalue weighted by Gasteiger charge is 2.41. The van der Waals surface area contributed by atoms with Crippen molar-refractivity contribution < 1.29 is 4.21 Å². The number of rotatable bonds is 4. The van der Waals surface area contributed by atoms with E-state index in [0.29, 0.717) is 12.0 Å². The molecule has 4 unspecified atom stereocenters. The lowest BCUT2D eigenvalue weighted by atomic mass is 10.0. The van der Waals surface area contributed by atoms with Crippen LogP contribution in [0.1, 0.15) is 50.8 Å². The van der Waals surface area contributed by atoms with Crippen LogP contribution >= 0.6 is 0 Å². The standard InChI is InChI=1S/C24H28N4OS.C2H6/c1-18(20-7-8-22-23(15-20)26-12-11-25-22)27-13-9-21-17-28(30(29)24(21)10-14-27)16-19-5-3-2-4-6-19;1-2/h2-8,11-12,15,18,21,24H,9-10,13-14,16-17H2,1H3;1-2H3. The summed E-state index contributed by atoms with van der Waals surface area (Å²) < 4.78 is 15.4. The van der Waals surface area contributed by atoms with E-state index in [9.17, 15) is 4.21 Å². The fourth-order valence-electron chi connectivity index (χ4n) is 4.91. The van der Waals surface area contributed by atoms with Crippen molar-refractivity contribution in [3.05, 3.63) is 72.1 Å². The smallest absolute Gasteiger partial charge is 0.0981 e. The van der Waals surface area contributed by atoms with Crippen LogP contribution in [0.4, 0.5) is 0 Å². The van der Waals surface area contributed by atoms with Crippen molar-refractivity contribution in [1.82, 2.24) is 19.2 Å². The average Bonchev–Trinajstić information content (AvgIpc) is 3.00. The quantitative estimate of drug-likeness (QED) is 0.563. The number of aromatic nitrogens is 2. The lowest BCUT2D eigenvalue weighted by Gasteiger charge is -2.28. The monoisotopic (exact) mass is 450 g/mol. The first kappa shape index (κ1) is 23.0. The predicted octanol–water partition coefficient (Wildman–Crippen LogP) is 4.98. The van der Waals surface area contributed by atoms with Crippen molar-refractivity contribution in [2.45, 2.75) is 51.4 Å². The molecule has 1 aromatic heterocycles. The molecule has 2 aliphatic rings. The number of benzene rings is 2. The van der Waals surface area contributed by atoms with Crippen molar-refractivity contribution >= 4 is 22.0 Å². The summed E-state index contributed by atoms with van der Waals surface area (Å²) in [4.78, 5) is 11.4. The van der Waals surface area contributed by atoms with Gasteiger partial charge in [-0.2, -0.15) is 0 Å². The van der Waals surface area contributed by atoms with Gasteiger partial charge in [0.1, 0.15) is 0 Å². The Labute approximate surface area is 194 Å². The fourth-order valence-corrected chi connectivity index (χ4v) is 6.77. The Bertz CT molecular complexity index is 1040. The molecule has 2 aromatic carbocycles. The van der Waals surface area contributed by atoms with E-state index in [1.807, 2.05) is 19.9 Å². The van der Waals surface area contributed by atoms with Gasteiger partial charge in [0.15, 0.2) is 0 Å². The van der Waals surface area contributed by atoms with E-state index >= 15 is 0 Å². The van der Waals surface area contributed by atoms with E-state index in [2.05, 4.69) is 68.6 Å². The summed E-state index contributed by atoms with van der Waals surface area (Å²) in [5, 5.41) is 0.286.